The van der Waals surface area contributed by atoms with Crippen molar-refractivity contribution in [2.24, 2.45) is 5.73 Å². The maximum Gasteiger partial charge on any atom is 0.162 e. The molecule has 1 aliphatic heterocycles. The highest BCUT2D eigenvalue weighted by molar-refractivity contribution is 7.99. The smallest absolute Gasteiger partial charge is 0.162 e. The van der Waals surface area contributed by atoms with E-state index in [2.05, 4.69) is 25.1 Å². The van der Waals surface area contributed by atoms with Crippen LogP contribution in [0.4, 0.5) is 0 Å². The highest BCUT2D eigenvalue weighted by Gasteiger charge is 2.14. The highest BCUT2D eigenvalue weighted by atomic mass is 32.2. The van der Waals surface area contributed by atoms with Gasteiger partial charge >= 0.3 is 0 Å². The van der Waals surface area contributed by atoms with Crippen LogP contribution < -0.4 is 15.2 Å². The molecule has 2 N–H and O–H groups in total. The van der Waals surface area contributed by atoms with E-state index in [1.54, 1.807) is 11.8 Å². The van der Waals surface area contributed by atoms with Gasteiger partial charge in [0.25, 0.3) is 0 Å². The number of hydrogen-bond acceptors (Lipinski definition) is 4. The van der Waals surface area contributed by atoms with Crippen molar-refractivity contribution in [2.45, 2.75) is 29.2 Å². The predicted octanol–water partition coefficient (Wildman–Crippen LogP) is 4.02. The summed E-state index contributed by atoms with van der Waals surface area (Å²) in [6.07, 6.45) is 0.929. The monoisotopic (exact) mass is 301 g/mol. The number of fused-ring (bicyclic) bond motifs is 1. The minimum absolute atomic E-state index is 0.0749. The van der Waals surface area contributed by atoms with Crippen LogP contribution in [0.5, 0.6) is 11.5 Å². The lowest BCUT2D eigenvalue weighted by molar-refractivity contribution is 0.171. The van der Waals surface area contributed by atoms with Crippen LogP contribution in [0.1, 0.15) is 24.9 Å². The third-order valence-electron chi connectivity index (χ3n) is 3.50. The first-order valence-corrected chi connectivity index (χ1v) is 8.01. The first kappa shape index (κ1) is 14.3. The molecule has 0 saturated heterocycles. The summed E-state index contributed by atoms with van der Waals surface area (Å²) in [6, 6.07) is 14.5. The Morgan fingerprint density at radius 1 is 1.10 bits per heavy atom. The van der Waals surface area contributed by atoms with Crippen LogP contribution in [0.2, 0.25) is 0 Å². The zero-order valence-electron chi connectivity index (χ0n) is 12.0. The van der Waals surface area contributed by atoms with Crippen LogP contribution in [0.3, 0.4) is 0 Å². The SMILES string of the molecule is CCC(N)c1ccccc1Sc1ccc2c(c1)OCCO2. The molecule has 0 spiro atoms. The van der Waals surface area contributed by atoms with Gasteiger partial charge in [0, 0.05) is 15.8 Å². The summed E-state index contributed by atoms with van der Waals surface area (Å²) < 4.78 is 11.2. The lowest BCUT2D eigenvalue weighted by Crippen LogP contribution is -2.15. The van der Waals surface area contributed by atoms with Gasteiger partial charge in [-0.2, -0.15) is 0 Å². The van der Waals surface area contributed by atoms with Gasteiger partial charge in [-0.3, -0.25) is 0 Å². The first-order chi connectivity index (χ1) is 10.3. The molecule has 21 heavy (non-hydrogen) atoms. The second kappa shape index (κ2) is 6.41. The average molecular weight is 301 g/mol. The zero-order valence-corrected chi connectivity index (χ0v) is 12.9. The largest absolute Gasteiger partial charge is 0.486 e. The Morgan fingerprint density at radius 2 is 1.86 bits per heavy atom. The molecule has 0 fully saturated rings. The molecule has 0 saturated carbocycles. The molecule has 4 heteroatoms. The molecule has 1 atom stereocenters. The van der Waals surface area contributed by atoms with E-state index in [0.29, 0.717) is 13.2 Å². The molecule has 1 heterocycles. The highest BCUT2D eigenvalue weighted by Crippen LogP contribution is 2.38. The molecule has 0 amide bonds. The molecule has 1 unspecified atom stereocenters. The second-order valence-corrected chi connectivity index (χ2v) is 6.08. The predicted molar refractivity (Wildman–Crippen MR) is 85.2 cm³/mol. The van der Waals surface area contributed by atoms with Gasteiger partial charge in [-0.15, -0.1) is 0 Å². The minimum atomic E-state index is 0.0749. The van der Waals surface area contributed by atoms with E-state index in [1.165, 1.54) is 10.5 Å². The van der Waals surface area contributed by atoms with Crippen molar-refractivity contribution in [3.8, 4) is 11.5 Å². The van der Waals surface area contributed by atoms with Gasteiger partial charge in [-0.25, -0.2) is 0 Å². The number of benzene rings is 2. The van der Waals surface area contributed by atoms with E-state index < -0.39 is 0 Å². The van der Waals surface area contributed by atoms with E-state index in [-0.39, 0.29) is 6.04 Å². The van der Waals surface area contributed by atoms with Crippen LogP contribution in [-0.4, -0.2) is 13.2 Å². The van der Waals surface area contributed by atoms with Crippen molar-refractivity contribution in [2.75, 3.05) is 13.2 Å². The number of ether oxygens (including phenoxy) is 2. The summed E-state index contributed by atoms with van der Waals surface area (Å²) in [7, 11) is 0. The molecular weight excluding hydrogens is 282 g/mol. The van der Waals surface area contributed by atoms with E-state index in [9.17, 15) is 0 Å². The van der Waals surface area contributed by atoms with E-state index in [1.807, 2.05) is 24.3 Å². The summed E-state index contributed by atoms with van der Waals surface area (Å²) in [4.78, 5) is 2.33. The van der Waals surface area contributed by atoms with Crippen LogP contribution in [0.25, 0.3) is 0 Å². The van der Waals surface area contributed by atoms with Crippen molar-refractivity contribution in [3.63, 3.8) is 0 Å². The van der Waals surface area contributed by atoms with E-state index >= 15 is 0 Å². The zero-order chi connectivity index (χ0) is 14.7. The molecule has 2 aromatic carbocycles. The van der Waals surface area contributed by atoms with Crippen LogP contribution in [0, 0.1) is 0 Å². The Morgan fingerprint density at radius 3 is 2.67 bits per heavy atom. The van der Waals surface area contributed by atoms with Gasteiger partial charge in [-0.05, 0) is 36.2 Å². The summed E-state index contributed by atoms with van der Waals surface area (Å²) in [5.74, 6) is 1.65. The Hall–Kier alpha value is -1.65. The van der Waals surface area contributed by atoms with Gasteiger partial charge in [0.1, 0.15) is 13.2 Å². The summed E-state index contributed by atoms with van der Waals surface area (Å²) in [5, 5.41) is 0. The molecule has 110 valence electrons. The first-order valence-electron chi connectivity index (χ1n) is 7.20. The normalized spacial score (nSPS) is 14.8. The Labute approximate surface area is 129 Å². The Bertz CT molecular complexity index is 630. The van der Waals surface area contributed by atoms with E-state index in [0.717, 1.165) is 22.8 Å². The fourth-order valence-corrected chi connectivity index (χ4v) is 3.35. The van der Waals surface area contributed by atoms with Gasteiger partial charge in [0.15, 0.2) is 11.5 Å². The van der Waals surface area contributed by atoms with Gasteiger partial charge in [0.2, 0.25) is 0 Å². The molecule has 0 radical (unpaired) electrons. The standard InChI is InChI=1S/C17H19NO2S/c1-2-14(18)13-5-3-4-6-17(13)21-12-7-8-15-16(11-12)20-10-9-19-15/h3-8,11,14H,2,9-10,18H2,1H3. The van der Waals surface area contributed by atoms with Gasteiger partial charge in [-0.1, -0.05) is 36.9 Å². The Balaban J connectivity index is 1.87. The van der Waals surface area contributed by atoms with E-state index in [4.69, 9.17) is 15.2 Å². The number of nitrogens with two attached hydrogens (primary N) is 1. The van der Waals surface area contributed by atoms with Crippen LogP contribution in [-0.2, 0) is 0 Å². The maximum absolute atomic E-state index is 6.20. The third-order valence-corrected chi connectivity index (χ3v) is 4.58. The number of hydrogen-bond donors (Lipinski definition) is 1. The average Bonchev–Trinajstić information content (AvgIpc) is 2.54. The second-order valence-electron chi connectivity index (χ2n) is 4.96. The van der Waals surface area contributed by atoms with Crippen molar-refractivity contribution in [1.29, 1.82) is 0 Å². The maximum atomic E-state index is 6.20. The lowest BCUT2D eigenvalue weighted by Gasteiger charge is -2.19. The van der Waals surface area contributed by atoms with Crippen molar-refractivity contribution in [3.05, 3.63) is 48.0 Å². The Kier molecular flexibility index (Phi) is 4.36. The quantitative estimate of drug-likeness (QED) is 0.926. The summed E-state index contributed by atoms with van der Waals surface area (Å²) in [6.45, 7) is 3.34. The third kappa shape index (κ3) is 3.17. The number of rotatable bonds is 4. The molecule has 3 rings (SSSR count). The summed E-state index contributed by atoms with van der Waals surface area (Å²) >= 11 is 1.72. The fraction of sp³-hybridized carbons (Fsp3) is 0.294. The van der Waals surface area contributed by atoms with Crippen molar-refractivity contribution in [1.82, 2.24) is 0 Å². The molecule has 1 aliphatic rings. The van der Waals surface area contributed by atoms with Crippen molar-refractivity contribution < 1.29 is 9.47 Å². The van der Waals surface area contributed by atoms with Gasteiger partial charge < -0.3 is 15.2 Å². The topological polar surface area (TPSA) is 44.5 Å². The minimum Gasteiger partial charge on any atom is -0.486 e. The van der Waals surface area contributed by atoms with Gasteiger partial charge in [0.05, 0.1) is 0 Å². The fourth-order valence-electron chi connectivity index (χ4n) is 2.31. The van der Waals surface area contributed by atoms with Crippen LogP contribution >= 0.6 is 11.8 Å². The van der Waals surface area contributed by atoms with Crippen molar-refractivity contribution >= 4 is 11.8 Å². The molecule has 0 bridgehead atoms. The van der Waals surface area contributed by atoms with Crippen LogP contribution in [0.15, 0.2) is 52.3 Å². The molecule has 0 aromatic heterocycles. The molecule has 2 aromatic rings. The molecule has 0 aliphatic carbocycles. The lowest BCUT2D eigenvalue weighted by atomic mass is 10.1. The molecule has 3 nitrogen and oxygen atoms in total. The summed E-state index contributed by atoms with van der Waals surface area (Å²) in [5.41, 5.74) is 7.40. The molecular formula is C17H19NO2S.